The van der Waals surface area contributed by atoms with Gasteiger partial charge in [-0.1, -0.05) is 18.2 Å². The number of fused-ring (bicyclic) bond motifs is 1. The largest absolute Gasteiger partial charge is 0.495 e. The molecule has 0 spiro atoms. The van der Waals surface area contributed by atoms with Crippen molar-refractivity contribution in [1.29, 1.82) is 0 Å². The molecule has 7 nitrogen and oxygen atoms in total. The molecule has 0 radical (unpaired) electrons. The fraction of sp³-hybridized carbons (Fsp3) is 0.375. The minimum Gasteiger partial charge on any atom is -0.495 e. The number of halogens is 3. The molecule has 1 atom stereocenters. The number of carbonyl (C=O) groups excluding carboxylic acids is 1. The molecular weight excluding hydrogens is 447 g/mol. The lowest BCUT2D eigenvalue weighted by Crippen LogP contribution is -2.48. The van der Waals surface area contributed by atoms with E-state index in [-0.39, 0.29) is 11.5 Å². The van der Waals surface area contributed by atoms with Gasteiger partial charge in [0.05, 0.1) is 41.8 Å². The number of anilines is 2. The maximum absolute atomic E-state index is 14.7. The normalized spacial score (nSPS) is 15.0. The van der Waals surface area contributed by atoms with E-state index in [1.165, 1.54) is 18.3 Å². The van der Waals surface area contributed by atoms with Gasteiger partial charge in [0.25, 0.3) is 6.43 Å². The smallest absolute Gasteiger partial charge is 0.266 e. The molecule has 2 heterocycles. The number of rotatable bonds is 6. The van der Waals surface area contributed by atoms with Crippen LogP contribution in [0.2, 0.25) is 0 Å². The Hall–Kier alpha value is -3.56. The summed E-state index contributed by atoms with van der Waals surface area (Å²) in [6, 6.07) is 7.10. The van der Waals surface area contributed by atoms with Crippen LogP contribution in [-0.2, 0) is 4.79 Å². The average Bonchev–Trinajstić information content (AvgIpc) is 2.83. The van der Waals surface area contributed by atoms with Gasteiger partial charge in [0.1, 0.15) is 11.6 Å². The Balaban J connectivity index is 1.67. The minimum atomic E-state index is -2.89. The Bertz CT molecular complexity index is 1200. The van der Waals surface area contributed by atoms with Crippen LogP contribution in [-0.4, -0.2) is 54.3 Å². The van der Waals surface area contributed by atoms with Crippen LogP contribution >= 0.6 is 0 Å². The van der Waals surface area contributed by atoms with Gasteiger partial charge in [-0.3, -0.25) is 4.79 Å². The van der Waals surface area contributed by atoms with Crippen LogP contribution in [0, 0.1) is 5.82 Å². The van der Waals surface area contributed by atoms with E-state index in [0.29, 0.717) is 43.1 Å². The van der Waals surface area contributed by atoms with Crippen molar-refractivity contribution >= 4 is 28.2 Å². The molecule has 180 valence electrons. The zero-order valence-electron chi connectivity index (χ0n) is 19.2. The summed E-state index contributed by atoms with van der Waals surface area (Å²) in [5.41, 5.74) is 1.51. The summed E-state index contributed by atoms with van der Waals surface area (Å²) in [5.74, 6) is -0.252. The number of benzene rings is 2. The summed E-state index contributed by atoms with van der Waals surface area (Å²) in [5, 5.41) is 12.2. The first-order valence-electron chi connectivity index (χ1n) is 11.0. The van der Waals surface area contributed by atoms with Gasteiger partial charge in [0.2, 0.25) is 5.91 Å². The molecule has 0 bridgehead atoms. The Morgan fingerprint density at radius 1 is 1.15 bits per heavy atom. The van der Waals surface area contributed by atoms with Crippen LogP contribution < -0.4 is 15.0 Å². The van der Waals surface area contributed by atoms with Crippen LogP contribution in [0.25, 0.3) is 10.9 Å². The molecule has 2 aromatic carbocycles. The van der Waals surface area contributed by atoms with E-state index in [9.17, 15) is 18.0 Å². The lowest BCUT2D eigenvalue weighted by Gasteiger charge is -2.36. The summed E-state index contributed by atoms with van der Waals surface area (Å²) in [6.45, 7) is 5.75. The summed E-state index contributed by atoms with van der Waals surface area (Å²) < 4.78 is 46.6. The Labute approximate surface area is 195 Å². The molecule has 0 saturated carbocycles. The minimum absolute atomic E-state index is 0.0454. The molecule has 3 aromatic rings. The van der Waals surface area contributed by atoms with Gasteiger partial charge < -0.3 is 19.9 Å². The molecule has 1 aliphatic rings. The molecule has 1 saturated heterocycles. The number of hydrogen-bond donors (Lipinski definition) is 1. The SMILES string of the molecule is COc1cc2nncc(N[C@H](C)c3cccc(C(F)F)c3F)c2cc1N1CCN(C(C)=O)CC1. The van der Waals surface area contributed by atoms with E-state index in [1.807, 2.05) is 6.07 Å². The van der Waals surface area contributed by atoms with E-state index in [1.54, 1.807) is 31.9 Å². The highest BCUT2D eigenvalue weighted by Gasteiger charge is 2.23. The predicted molar refractivity (Wildman–Crippen MR) is 124 cm³/mol. The Morgan fingerprint density at radius 2 is 1.85 bits per heavy atom. The predicted octanol–water partition coefficient (Wildman–Crippen LogP) is 4.56. The third-order valence-electron chi connectivity index (χ3n) is 6.14. The number of amides is 1. The van der Waals surface area contributed by atoms with Crippen molar-refractivity contribution in [2.45, 2.75) is 26.3 Å². The number of carbonyl (C=O) groups is 1. The van der Waals surface area contributed by atoms with Gasteiger partial charge in [-0.25, -0.2) is 13.2 Å². The van der Waals surface area contributed by atoms with E-state index >= 15 is 0 Å². The maximum atomic E-state index is 14.7. The highest BCUT2D eigenvalue weighted by molar-refractivity contribution is 5.95. The lowest BCUT2D eigenvalue weighted by molar-refractivity contribution is -0.129. The van der Waals surface area contributed by atoms with Crippen LogP contribution in [0.4, 0.5) is 24.5 Å². The zero-order valence-corrected chi connectivity index (χ0v) is 19.2. The van der Waals surface area contributed by atoms with E-state index in [2.05, 4.69) is 20.4 Å². The fourth-order valence-corrected chi connectivity index (χ4v) is 4.24. The third-order valence-corrected chi connectivity index (χ3v) is 6.14. The first-order valence-corrected chi connectivity index (χ1v) is 11.0. The number of hydrogen-bond acceptors (Lipinski definition) is 6. The van der Waals surface area contributed by atoms with Crippen LogP contribution in [0.1, 0.15) is 37.4 Å². The number of methoxy groups -OCH3 is 1. The molecule has 1 aromatic heterocycles. The average molecular weight is 473 g/mol. The highest BCUT2D eigenvalue weighted by Crippen LogP contribution is 2.37. The molecule has 1 aliphatic heterocycles. The van der Waals surface area contributed by atoms with E-state index < -0.39 is 23.8 Å². The second-order valence-electron chi connectivity index (χ2n) is 8.21. The molecule has 1 N–H and O–H groups in total. The van der Waals surface area contributed by atoms with Crippen molar-refractivity contribution in [3.8, 4) is 5.75 Å². The number of aromatic nitrogens is 2. The number of alkyl halides is 2. The molecular formula is C24H26F3N5O2. The van der Waals surface area contributed by atoms with Crippen molar-refractivity contribution < 1.29 is 22.7 Å². The molecule has 1 fully saturated rings. The van der Waals surface area contributed by atoms with Gasteiger partial charge in [-0.05, 0) is 13.0 Å². The van der Waals surface area contributed by atoms with Crippen molar-refractivity contribution in [2.24, 2.45) is 0 Å². The first-order chi connectivity index (χ1) is 16.3. The number of ether oxygens (including phenoxy) is 1. The van der Waals surface area contributed by atoms with Crippen LogP contribution in [0.3, 0.4) is 0 Å². The monoisotopic (exact) mass is 473 g/mol. The summed E-state index contributed by atoms with van der Waals surface area (Å²) >= 11 is 0. The number of nitrogens with zero attached hydrogens (tertiary/aromatic N) is 4. The molecule has 34 heavy (non-hydrogen) atoms. The van der Waals surface area contributed by atoms with E-state index in [4.69, 9.17) is 4.74 Å². The summed E-state index contributed by atoms with van der Waals surface area (Å²) in [6.07, 6.45) is -1.37. The topological polar surface area (TPSA) is 70.6 Å². The number of piperazine rings is 1. The summed E-state index contributed by atoms with van der Waals surface area (Å²) in [4.78, 5) is 15.6. The van der Waals surface area contributed by atoms with Gasteiger partial charge in [-0.2, -0.15) is 10.2 Å². The first kappa shape index (κ1) is 23.6. The second kappa shape index (κ2) is 9.74. The van der Waals surface area contributed by atoms with Crippen molar-refractivity contribution in [1.82, 2.24) is 15.1 Å². The van der Waals surface area contributed by atoms with Gasteiger partial charge >= 0.3 is 0 Å². The highest BCUT2D eigenvalue weighted by atomic mass is 19.3. The lowest BCUT2D eigenvalue weighted by atomic mass is 10.0. The molecule has 0 unspecified atom stereocenters. The quantitative estimate of drug-likeness (QED) is 0.566. The van der Waals surface area contributed by atoms with Gasteiger partial charge in [0.15, 0.2) is 0 Å². The van der Waals surface area contributed by atoms with Gasteiger partial charge in [-0.15, -0.1) is 0 Å². The third kappa shape index (κ3) is 4.57. The molecule has 10 heteroatoms. The standard InChI is InChI=1S/C24H26F3N5O2/c1-14(16-5-4-6-17(23(16)25)24(26)27)29-20-13-28-30-19-12-22(34-3)21(11-18(19)20)32-9-7-31(8-10-32)15(2)33/h4-6,11-14,24H,7-10H2,1-3H3,(H,29,30)/t14-/m1/s1. The van der Waals surface area contributed by atoms with Crippen LogP contribution in [0.15, 0.2) is 36.5 Å². The maximum Gasteiger partial charge on any atom is 0.266 e. The molecule has 4 rings (SSSR count). The van der Waals surface area contributed by atoms with Crippen molar-refractivity contribution in [2.75, 3.05) is 43.5 Å². The Kier molecular flexibility index (Phi) is 6.76. The molecule has 1 amide bonds. The van der Waals surface area contributed by atoms with Crippen LogP contribution in [0.5, 0.6) is 5.75 Å². The van der Waals surface area contributed by atoms with E-state index in [0.717, 1.165) is 17.1 Å². The number of nitrogens with one attached hydrogen (secondary N) is 1. The fourth-order valence-electron chi connectivity index (χ4n) is 4.24. The molecule has 0 aliphatic carbocycles. The van der Waals surface area contributed by atoms with Gasteiger partial charge in [0, 0.05) is 50.1 Å². The second-order valence-corrected chi connectivity index (χ2v) is 8.21. The Morgan fingerprint density at radius 3 is 2.50 bits per heavy atom. The van der Waals surface area contributed by atoms with Crippen molar-refractivity contribution in [3.05, 3.63) is 53.5 Å². The zero-order chi connectivity index (χ0) is 24.4. The summed E-state index contributed by atoms with van der Waals surface area (Å²) in [7, 11) is 1.58. The van der Waals surface area contributed by atoms with Crippen molar-refractivity contribution in [3.63, 3.8) is 0 Å².